The van der Waals surface area contributed by atoms with Crippen LogP contribution in [0, 0.1) is 5.82 Å². The maximum Gasteiger partial charge on any atom is 0.334 e. The number of nitrogens with one attached hydrogen (secondary N) is 1. The number of amides is 4. The van der Waals surface area contributed by atoms with E-state index in [1.807, 2.05) is 25.1 Å². The summed E-state index contributed by atoms with van der Waals surface area (Å²) in [7, 11) is 0. The quantitative estimate of drug-likeness (QED) is 0.234. The SMILES string of the molecule is C=CCN(CC)N(C(=O)NCc1ccccc1F)C1CN(Cc2ccccc2N)C(=O)CN1C=O. The molecule has 1 heterocycles. The fourth-order valence-corrected chi connectivity index (χ4v) is 3.99. The van der Waals surface area contributed by atoms with Gasteiger partial charge in [-0.15, -0.1) is 6.58 Å². The van der Waals surface area contributed by atoms with Gasteiger partial charge in [0.25, 0.3) is 0 Å². The molecule has 1 atom stereocenters. The van der Waals surface area contributed by atoms with Crippen LogP contribution in [-0.4, -0.2) is 70.5 Å². The maximum absolute atomic E-state index is 14.1. The summed E-state index contributed by atoms with van der Waals surface area (Å²) >= 11 is 0. The summed E-state index contributed by atoms with van der Waals surface area (Å²) in [6.07, 6.45) is 1.42. The first-order valence-electron chi connectivity index (χ1n) is 11.4. The zero-order valence-electron chi connectivity index (χ0n) is 19.8. The summed E-state index contributed by atoms with van der Waals surface area (Å²) in [5.41, 5.74) is 7.72. The first kappa shape index (κ1) is 25.7. The first-order valence-corrected chi connectivity index (χ1v) is 11.4. The number of nitrogens with zero attached hydrogens (tertiary/aromatic N) is 4. The first-order chi connectivity index (χ1) is 16.9. The molecule has 0 aliphatic carbocycles. The van der Waals surface area contributed by atoms with E-state index >= 15 is 0 Å². The number of hydrogen-bond acceptors (Lipinski definition) is 5. The van der Waals surface area contributed by atoms with Gasteiger partial charge in [0.15, 0.2) is 0 Å². The average molecular weight is 483 g/mol. The highest BCUT2D eigenvalue weighted by Gasteiger charge is 2.39. The number of nitrogen functional groups attached to an aromatic ring is 1. The fraction of sp³-hybridized carbons (Fsp3) is 0.320. The summed E-state index contributed by atoms with van der Waals surface area (Å²) in [5.74, 6) is -0.683. The molecule has 9 nitrogen and oxygen atoms in total. The highest BCUT2D eigenvalue weighted by Crippen LogP contribution is 2.21. The number of hydrogen-bond donors (Lipinski definition) is 2. The molecule has 1 aliphatic heterocycles. The Bertz CT molecular complexity index is 1070. The zero-order chi connectivity index (χ0) is 25.4. The van der Waals surface area contributed by atoms with Gasteiger partial charge in [-0.05, 0) is 17.7 Å². The molecule has 0 saturated carbocycles. The normalized spacial score (nSPS) is 15.7. The van der Waals surface area contributed by atoms with Crippen LogP contribution in [0.25, 0.3) is 0 Å². The van der Waals surface area contributed by atoms with Crippen molar-refractivity contribution in [3.05, 3.63) is 78.1 Å². The average Bonchev–Trinajstić information content (AvgIpc) is 2.86. The summed E-state index contributed by atoms with van der Waals surface area (Å²) in [5, 5.41) is 5.87. The van der Waals surface area contributed by atoms with Crippen molar-refractivity contribution in [1.29, 1.82) is 0 Å². The van der Waals surface area contributed by atoms with Gasteiger partial charge in [0, 0.05) is 37.4 Å². The minimum atomic E-state index is -0.782. The molecule has 0 bridgehead atoms. The van der Waals surface area contributed by atoms with Crippen molar-refractivity contribution in [3.63, 3.8) is 0 Å². The molecule has 10 heteroatoms. The van der Waals surface area contributed by atoms with Crippen LogP contribution in [0.5, 0.6) is 0 Å². The Morgan fingerprint density at radius 2 is 1.91 bits per heavy atom. The number of likely N-dealkylation sites (N-methyl/N-ethyl adjacent to an activating group) is 1. The number of halogens is 1. The van der Waals surface area contributed by atoms with Crippen LogP contribution in [0.1, 0.15) is 18.1 Å². The number of hydrazine groups is 1. The number of nitrogens with two attached hydrogens (primary N) is 1. The summed E-state index contributed by atoms with van der Waals surface area (Å²) in [4.78, 5) is 41.1. The topological polar surface area (TPSA) is 102 Å². The van der Waals surface area contributed by atoms with E-state index in [4.69, 9.17) is 5.73 Å². The Labute approximate surface area is 204 Å². The van der Waals surface area contributed by atoms with Gasteiger partial charge in [-0.25, -0.2) is 19.2 Å². The second kappa shape index (κ2) is 12.0. The van der Waals surface area contributed by atoms with Gasteiger partial charge >= 0.3 is 6.03 Å². The van der Waals surface area contributed by atoms with Crippen LogP contribution in [-0.2, 0) is 22.7 Å². The molecule has 1 saturated heterocycles. The molecule has 4 amide bonds. The molecular weight excluding hydrogens is 451 g/mol. The predicted octanol–water partition coefficient (Wildman–Crippen LogP) is 2.17. The zero-order valence-corrected chi connectivity index (χ0v) is 19.8. The van der Waals surface area contributed by atoms with Crippen molar-refractivity contribution in [1.82, 2.24) is 25.1 Å². The van der Waals surface area contributed by atoms with Crippen molar-refractivity contribution in [2.45, 2.75) is 26.2 Å². The number of anilines is 1. The Morgan fingerprint density at radius 3 is 2.54 bits per heavy atom. The van der Waals surface area contributed by atoms with E-state index < -0.39 is 18.0 Å². The van der Waals surface area contributed by atoms with Crippen LogP contribution in [0.2, 0.25) is 0 Å². The number of urea groups is 1. The second-order valence-corrected chi connectivity index (χ2v) is 8.12. The fourth-order valence-electron chi connectivity index (χ4n) is 3.99. The third-order valence-corrected chi connectivity index (χ3v) is 5.88. The number of para-hydroxylation sites is 1. The minimum Gasteiger partial charge on any atom is -0.398 e. The molecular formula is C25H31FN6O3. The number of carbonyl (C=O) groups excluding carboxylic acids is 3. The van der Waals surface area contributed by atoms with Gasteiger partial charge in [-0.1, -0.05) is 49.4 Å². The third-order valence-electron chi connectivity index (χ3n) is 5.88. The Morgan fingerprint density at radius 1 is 1.23 bits per heavy atom. The third kappa shape index (κ3) is 6.15. The van der Waals surface area contributed by atoms with Crippen molar-refractivity contribution >= 4 is 24.0 Å². The lowest BCUT2D eigenvalue weighted by Crippen LogP contribution is -2.67. The number of carbonyl (C=O) groups is 3. The number of piperazine rings is 1. The van der Waals surface area contributed by atoms with Gasteiger partial charge in [0.05, 0.1) is 6.54 Å². The molecule has 1 fully saturated rings. The lowest BCUT2D eigenvalue weighted by Gasteiger charge is -2.47. The maximum atomic E-state index is 14.1. The molecule has 1 aliphatic rings. The molecule has 2 aromatic rings. The van der Waals surface area contributed by atoms with E-state index in [1.165, 1.54) is 16.0 Å². The van der Waals surface area contributed by atoms with Crippen LogP contribution in [0.15, 0.2) is 61.2 Å². The standard InChI is InChI=1S/C25H31FN6O3/c1-3-13-31(4-2)32(25(35)28-14-19-9-5-7-11-21(19)26)23-16-29(24(34)17-30(23)18-33)15-20-10-6-8-12-22(20)27/h3,5-12,18,23H,1,4,13-17,27H2,2H3,(H,28,35). The van der Waals surface area contributed by atoms with Crippen molar-refractivity contribution in [3.8, 4) is 0 Å². The van der Waals surface area contributed by atoms with E-state index in [1.54, 1.807) is 40.3 Å². The second-order valence-electron chi connectivity index (χ2n) is 8.12. The van der Waals surface area contributed by atoms with Crippen molar-refractivity contribution in [2.24, 2.45) is 0 Å². The van der Waals surface area contributed by atoms with Crippen LogP contribution < -0.4 is 11.1 Å². The highest BCUT2D eigenvalue weighted by molar-refractivity contribution is 5.82. The van der Waals surface area contributed by atoms with E-state index in [9.17, 15) is 18.8 Å². The molecule has 35 heavy (non-hydrogen) atoms. The monoisotopic (exact) mass is 482 g/mol. The lowest BCUT2D eigenvalue weighted by atomic mass is 10.1. The van der Waals surface area contributed by atoms with Gasteiger partial charge in [0.1, 0.15) is 18.5 Å². The molecule has 3 rings (SSSR count). The van der Waals surface area contributed by atoms with Gasteiger partial charge in [-0.3, -0.25) is 9.59 Å². The van der Waals surface area contributed by atoms with E-state index in [0.717, 1.165) is 5.56 Å². The summed E-state index contributed by atoms with van der Waals surface area (Å²) < 4.78 is 14.1. The van der Waals surface area contributed by atoms with E-state index in [0.29, 0.717) is 30.8 Å². The highest BCUT2D eigenvalue weighted by atomic mass is 19.1. The Balaban J connectivity index is 1.87. The lowest BCUT2D eigenvalue weighted by molar-refractivity contribution is -0.157. The molecule has 0 aromatic heterocycles. The predicted molar refractivity (Wildman–Crippen MR) is 131 cm³/mol. The minimum absolute atomic E-state index is 0.0371. The number of rotatable bonds is 10. The van der Waals surface area contributed by atoms with Crippen LogP contribution in [0.3, 0.4) is 0 Å². The Kier molecular flexibility index (Phi) is 8.80. The van der Waals surface area contributed by atoms with Crippen molar-refractivity contribution in [2.75, 3.05) is 31.9 Å². The largest absolute Gasteiger partial charge is 0.398 e. The van der Waals surface area contributed by atoms with E-state index in [-0.39, 0.29) is 32.1 Å². The molecule has 3 N–H and O–H groups in total. The molecule has 2 aromatic carbocycles. The van der Waals surface area contributed by atoms with Crippen LogP contribution >= 0.6 is 0 Å². The van der Waals surface area contributed by atoms with Crippen molar-refractivity contribution < 1.29 is 18.8 Å². The van der Waals surface area contributed by atoms with Gasteiger partial charge in [0.2, 0.25) is 12.3 Å². The molecule has 1 unspecified atom stereocenters. The smallest absolute Gasteiger partial charge is 0.334 e. The van der Waals surface area contributed by atoms with Crippen LogP contribution in [0.4, 0.5) is 14.9 Å². The van der Waals surface area contributed by atoms with E-state index in [2.05, 4.69) is 11.9 Å². The summed E-state index contributed by atoms with van der Waals surface area (Å²) in [6, 6.07) is 12.9. The van der Waals surface area contributed by atoms with Gasteiger partial charge < -0.3 is 20.9 Å². The molecule has 0 spiro atoms. The number of benzene rings is 2. The Hall–Kier alpha value is -3.92. The molecule has 186 valence electrons. The van der Waals surface area contributed by atoms with Gasteiger partial charge in [-0.2, -0.15) is 0 Å². The summed E-state index contributed by atoms with van der Waals surface area (Å²) in [6.45, 7) is 6.47. The molecule has 0 radical (unpaired) electrons.